The molecule has 0 aliphatic rings. The summed E-state index contributed by atoms with van der Waals surface area (Å²) in [5.41, 5.74) is 3.20. The van der Waals surface area contributed by atoms with Gasteiger partial charge in [-0.15, -0.1) is 10.2 Å². The summed E-state index contributed by atoms with van der Waals surface area (Å²) in [6.07, 6.45) is 0. The van der Waals surface area contributed by atoms with Crippen LogP contribution in [0.15, 0.2) is 61.5 Å². The molecule has 8 heteroatoms. The van der Waals surface area contributed by atoms with Gasteiger partial charge in [-0.05, 0) is 61.4 Å². The second kappa shape index (κ2) is 7.94. The standard InChI is InChI=1S/C18H17BrN2O3S2/c1-12-3-4-14(11-13(12)2)17-20-21-18(24-17)25-9-10-26(22,23)16-7-5-15(19)6-8-16/h3-8,11H,9-10H2,1-2H3. The van der Waals surface area contributed by atoms with Gasteiger partial charge in [0.25, 0.3) is 5.22 Å². The predicted molar refractivity (Wildman–Crippen MR) is 106 cm³/mol. The summed E-state index contributed by atoms with van der Waals surface area (Å²) < 4.78 is 31.2. The summed E-state index contributed by atoms with van der Waals surface area (Å²) in [7, 11) is -3.33. The van der Waals surface area contributed by atoms with Crippen molar-refractivity contribution in [3.8, 4) is 11.5 Å². The summed E-state index contributed by atoms with van der Waals surface area (Å²) in [6.45, 7) is 4.07. The number of benzene rings is 2. The summed E-state index contributed by atoms with van der Waals surface area (Å²) in [5, 5.41) is 8.41. The number of rotatable bonds is 6. The minimum Gasteiger partial charge on any atom is -0.411 e. The molecule has 3 rings (SSSR count). The SMILES string of the molecule is Cc1ccc(-c2nnc(SCCS(=O)(=O)c3ccc(Br)cc3)o2)cc1C. The van der Waals surface area contributed by atoms with E-state index in [1.165, 1.54) is 17.3 Å². The van der Waals surface area contributed by atoms with E-state index < -0.39 is 9.84 Å². The monoisotopic (exact) mass is 452 g/mol. The third-order valence-corrected chi connectivity index (χ3v) is 7.25. The minimum atomic E-state index is -3.33. The second-order valence-corrected chi connectivity index (χ2v) is 9.86. The second-order valence-electron chi connectivity index (χ2n) is 5.79. The van der Waals surface area contributed by atoms with Crippen molar-refractivity contribution < 1.29 is 12.8 Å². The van der Waals surface area contributed by atoms with Crippen LogP contribution in [0.1, 0.15) is 11.1 Å². The largest absolute Gasteiger partial charge is 0.411 e. The van der Waals surface area contributed by atoms with Crippen LogP contribution in [0.5, 0.6) is 0 Å². The molecule has 0 aliphatic heterocycles. The maximum atomic E-state index is 12.3. The Morgan fingerprint density at radius 2 is 1.77 bits per heavy atom. The van der Waals surface area contributed by atoms with E-state index in [0.29, 0.717) is 21.8 Å². The van der Waals surface area contributed by atoms with E-state index in [0.717, 1.165) is 15.6 Å². The fourth-order valence-electron chi connectivity index (χ4n) is 2.26. The molecule has 3 aromatic rings. The van der Waals surface area contributed by atoms with Crippen molar-refractivity contribution in [2.45, 2.75) is 24.0 Å². The molecule has 0 unspecified atom stereocenters. The first kappa shape index (κ1) is 19.1. The highest BCUT2D eigenvalue weighted by atomic mass is 79.9. The van der Waals surface area contributed by atoms with Gasteiger partial charge >= 0.3 is 0 Å². The summed E-state index contributed by atoms with van der Waals surface area (Å²) in [4.78, 5) is 0.308. The number of thioether (sulfide) groups is 1. The number of sulfone groups is 1. The van der Waals surface area contributed by atoms with E-state index in [2.05, 4.69) is 26.1 Å². The van der Waals surface area contributed by atoms with E-state index in [-0.39, 0.29) is 5.75 Å². The van der Waals surface area contributed by atoms with Gasteiger partial charge in [-0.25, -0.2) is 8.42 Å². The average Bonchev–Trinajstić information content (AvgIpc) is 3.06. The minimum absolute atomic E-state index is 0.000647. The molecular formula is C18H17BrN2O3S2. The van der Waals surface area contributed by atoms with Gasteiger partial charge in [-0.2, -0.15) is 0 Å². The van der Waals surface area contributed by atoms with Crippen molar-refractivity contribution >= 4 is 37.5 Å². The Morgan fingerprint density at radius 1 is 1.04 bits per heavy atom. The number of hydrogen-bond acceptors (Lipinski definition) is 6. The molecule has 0 atom stereocenters. The van der Waals surface area contributed by atoms with Gasteiger partial charge in [0.1, 0.15) is 0 Å². The number of hydrogen-bond donors (Lipinski definition) is 0. The molecule has 26 heavy (non-hydrogen) atoms. The zero-order valence-electron chi connectivity index (χ0n) is 14.3. The van der Waals surface area contributed by atoms with Gasteiger partial charge in [0.2, 0.25) is 5.89 Å². The molecule has 0 radical (unpaired) electrons. The maximum absolute atomic E-state index is 12.3. The molecule has 2 aromatic carbocycles. The van der Waals surface area contributed by atoms with Gasteiger partial charge in [0.05, 0.1) is 10.6 Å². The van der Waals surface area contributed by atoms with E-state index in [1.54, 1.807) is 24.3 Å². The van der Waals surface area contributed by atoms with Crippen molar-refractivity contribution in [1.29, 1.82) is 0 Å². The van der Waals surface area contributed by atoms with Gasteiger partial charge in [0.15, 0.2) is 9.84 Å². The molecule has 0 saturated heterocycles. The average molecular weight is 453 g/mol. The highest BCUT2D eigenvalue weighted by Crippen LogP contribution is 2.25. The number of halogens is 1. The zero-order chi connectivity index (χ0) is 18.7. The number of nitrogens with zero attached hydrogens (tertiary/aromatic N) is 2. The topological polar surface area (TPSA) is 73.1 Å². The van der Waals surface area contributed by atoms with Crippen LogP contribution < -0.4 is 0 Å². The van der Waals surface area contributed by atoms with Crippen LogP contribution in [0.25, 0.3) is 11.5 Å². The Labute approximate surface area is 165 Å². The fraction of sp³-hybridized carbons (Fsp3) is 0.222. The van der Waals surface area contributed by atoms with Gasteiger partial charge in [-0.1, -0.05) is 33.8 Å². The van der Waals surface area contributed by atoms with Crippen LogP contribution in [-0.4, -0.2) is 30.1 Å². The molecule has 0 N–H and O–H groups in total. The molecule has 0 bridgehead atoms. The highest BCUT2D eigenvalue weighted by molar-refractivity contribution is 9.10. The third-order valence-electron chi connectivity index (χ3n) is 3.91. The van der Waals surface area contributed by atoms with Crippen LogP contribution >= 0.6 is 27.7 Å². The molecule has 136 valence electrons. The van der Waals surface area contributed by atoms with E-state index >= 15 is 0 Å². The van der Waals surface area contributed by atoms with Crippen molar-refractivity contribution in [1.82, 2.24) is 10.2 Å². The Balaban J connectivity index is 1.63. The molecule has 1 heterocycles. The van der Waals surface area contributed by atoms with Crippen LogP contribution in [0.3, 0.4) is 0 Å². The summed E-state index contributed by atoms with van der Waals surface area (Å²) in [6, 6.07) is 12.6. The lowest BCUT2D eigenvalue weighted by Crippen LogP contribution is -2.08. The van der Waals surface area contributed by atoms with E-state index in [4.69, 9.17) is 4.42 Å². The first-order chi connectivity index (χ1) is 12.3. The predicted octanol–water partition coefficient (Wildman–Crippen LogP) is 4.68. The number of aryl methyl sites for hydroxylation is 2. The molecule has 0 aliphatic carbocycles. The zero-order valence-corrected chi connectivity index (χ0v) is 17.5. The fourth-order valence-corrected chi connectivity index (χ4v) is 4.93. The molecular weight excluding hydrogens is 436 g/mol. The third kappa shape index (κ3) is 4.55. The van der Waals surface area contributed by atoms with Crippen molar-refractivity contribution in [3.63, 3.8) is 0 Å². The maximum Gasteiger partial charge on any atom is 0.276 e. The smallest absolute Gasteiger partial charge is 0.276 e. The van der Waals surface area contributed by atoms with Crippen LogP contribution in [-0.2, 0) is 9.84 Å². The molecule has 0 amide bonds. The van der Waals surface area contributed by atoms with Gasteiger partial charge in [0, 0.05) is 15.8 Å². The van der Waals surface area contributed by atoms with Crippen LogP contribution in [0.2, 0.25) is 0 Å². The van der Waals surface area contributed by atoms with Gasteiger partial charge in [-0.3, -0.25) is 0 Å². The van der Waals surface area contributed by atoms with Crippen LogP contribution in [0, 0.1) is 13.8 Å². The van der Waals surface area contributed by atoms with Crippen molar-refractivity contribution in [3.05, 3.63) is 58.1 Å². The van der Waals surface area contributed by atoms with Gasteiger partial charge < -0.3 is 4.42 Å². The Morgan fingerprint density at radius 3 is 2.46 bits per heavy atom. The molecule has 0 spiro atoms. The first-order valence-corrected chi connectivity index (χ1v) is 11.3. The quantitative estimate of drug-likeness (QED) is 0.505. The molecule has 0 fully saturated rings. The van der Waals surface area contributed by atoms with Crippen molar-refractivity contribution in [2.75, 3.05) is 11.5 Å². The van der Waals surface area contributed by atoms with E-state index in [9.17, 15) is 8.42 Å². The highest BCUT2D eigenvalue weighted by Gasteiger charge is 2.16. The molecule has 5 nitrogen and oxygen atoms in total. The van der Waals surface area contributed by atoms with Crippen molar-refractivity contribution in [2.24, 2.45) is 0 Å². The Hall–Kier alpha value is -1.64. The normalized spacial score (nSPS) is 11.7. The first-order valence-electron chi connectivity index (χ1n) is 7.87. The summed E-state index contributed by atoms with van der Waals surface area (Å²) >= 11 is 4.54. The number of aromatic nitrogens is 2. The molecule has 0 saturated carbocycles. The van der Waals surface area contributed by atoms with Crippen LogP contribution in [0.4, 0.5) is 0 Å². The van der Waals surface area contributed by atoms with E-state index in [1.807, 2.05) is 32.0 Å². The summed E-state index contributed by atoms with van der Waals surface area (Å²) in [5.74, 6) is 0.777. The lowest BCUT2D eigenvalue weighted by Gasteiger charge is -2.03. The lowest BCUT2D eigenvalue weighted by molar-refractivity contribution is 0.466. The Bertz CT molecular complexity index is 1020. The Kier molecular flexibility index (Phi) is 5.84. The molecule has 1 aromatic heterocycles. The lowest BCUT2D eigenvalue weighted by atomic mass is 10.1.